The number of nitrogens with zero attached hydrogens (tertiary/aromatic N) is 1. The SMILES string of the molecule is CSCCC(C)Nc1cccc(S(=O)(=O)N(C)C)c1N. The molecule has 0 saturated carbocycles. The van der Waals surface area contributed by atoms with Crippen molar-refractivity contribution in [1.82, 2.24) is 4.31 Å². The van der Waals surface area contributed by atoms with Gasteiger partial charge in [0.05, 0.1) is 11.4 Å². The third-order valence-corrected chi connectivity index (χ3v) is 5.50. The second-order valence-electron chi connectivity index (χ2n) is 4.83. The van der Waals surface area contributed by atoms with Crippen molar-refractivity contribution in [2.75, 3.05) is 37.2 Å². The summed E-state index contributed by atoms with van der Waals surface area (Å²) in [6.07, 6.45) is 3.05. The second kappa shape index (κ2) is 7.19. The van der Waals surface area contributed by atoms with E-state index in [0.717, 1.165) is 12.2 Å². The molecule has 5 nitrogen and oxygen atoms in total. The molecule has 0 aliphatic rings. The van der Waals surface area contributed by atoms with Crippen LogP contribution in [0.25, 0.3) is 0 Å². The van der Waals surface area contributed by atoms with Crippen LogP contribution in [0.5, 0.6) is 0 Å². The van der Waals surface area contributed by atoms with Gasteiger partial charge in [0, 0.05) is 20.1 Å². The molecule has 0 fully saturated rings. The summed E-state index contributed by atoms with van der Waals surface area (Å²) in [4.78, 5) is 0.143. The highest BCUT2D eigenvalue weighted by Crippen LogP contribution is 2.28. The first-order valence-electron chi connectivity index (χ1n) is 6.37. The quantitative estimate of drug-likeness (QED) is 0.753. The summed E-state index contributed by atoms with van der Waals surface area (Å²) in [7, 11) is -0.527. The first-order chi connectivity index (χ1) is 9.30. The predicted octanol–water partition coefficient (Wildman–Crippen LogP) is 2.07. The average molecular weight is 317 g/mol. The highest BCUT2D eigenvalue weighted by Gasteiger charge is 2.21. The molecular weight excluding hydrogens is 294 g/mol. The molecule has 1 rings (SSSR count). The topological polar surface area (TPSA) is 75.4 Å². The van der Waals surface area contributed by atoms with Crippen LogP contribution in [0.3, 0.4) is 0 Å². The molecule has 7 heteroatoms. The molecule has 0 amide bonds. The summed E-state index contributed by atoms with van der Waals surface area (Å²) in [5.74, 6) is 1.05. The van der Waals surface area contributed by atoms with Crippen LogP contribution in [0.2, 0.25) is 0 Å². The molecule has 0 bridgehead atoms. The van der Waals surface area contributed by atoms with Gasteiger partial charge in [0.2, 0.25) is 10.0 Å². The van der Waals surface area contributed by atoms with Gasteiger partial charge in [-0.3, -0.25) is 0 Å². The highest BCUT2D eigenvalue weighted by atomic mass is 32.2. The maximum Gasteiger partial charge on any atom is 0.244 e. The van der Waals surface area contributed by atoms with E-state index in [1.54, 1.807) is 23.9 Å². The molecular formula is C13H23N3O2S2. The van der Waals surface area contributed by atoms with Crippen LogP contribution >= 0.6 is 11.8 Å². The number of sulfonamides is 1. The predicted molar refractivity (Wildman–Crippen MR) is 87.8 cm³/mol. The summed E-state index contributed by atoms with van der Waals surface area (Å²) < 4.78 is 25.5. The normalized spacial score (nSPS) is 13.4. The Morgan fingerprint density at radius 3 is 2.60 bits per heavy atom. The number of hydrogen-bond donors (Lipinski definition) is 2. The van der Waals surface area contributed by atoms with Gasteiger partial charge in [0.1, 0.15) is 4.90 Å². The van der Waals surface area contributed by atoms with Crippen LogP contribution < -0.4 is 11.1 Å². The Morgan fingerprint density at radius 1 is 1.40 bits per heavy atom. The number of anilines is 2. The molecule has 1 atom stereocenters. The first kappa shape index (κ1) is 17.1. The smallest absolute Gasteiger partial charge is 0.244 e. The molecule has 0 heterocycles. The fourth-order valence-corrected chi connectivity index (χ4v) is 3.34. The van der Waals surface area contributed by atoms with Crippen molar-refractivity contribution in [2.24, 2.45) is 0 Å². The van der Waals surface area contributed by atoms with Crippen LogP contribution in [0.1, 0.15) is 13.3 Å². The van der Waals surface area contributed by atoms with Crippen LogP contribution in [0.4, 0.5) is 11.4 Å². The number of nitrogen functional groups attached to an aromatic ring is 1. The lowest BCUT2D eigenvalue weighted by Crippen LogP contribution is -2.24. The van der Waals surface area contributed by atoms with E-state index in [2.05, 4.69) is 18.5 Å². The number of benzene rings is 1. The third kappa shape index (κ3) is 4.04. The number of rotatable bonds is 7. The van der Waals surface area contributed by atoms with Crippen molar-refractivity contribution >= 4 is 33.2 Å². The van der Waals surface area contributed by atoms with E-state index in [1.165, 1.54) is 24.5 Å². The van der Waals surface area contributed by atoms with Gasteiger partial charge in [-0.2, -0.15) is 11.8 Å². The molecule has 0 aliphatic carbocycles. The van der Waals surface area contributed by atoms with Crippen molar-refractivity contribution in [3.05, 3.63) is 18.2 Å². The summed E-state index contributed by atoms with van der Waals surface area (Å²) in [6, 6.07) is 5.28. The second-order valence-corrected chi connectivity index (χ2v) is 7.94. The monoisotopic (exact) mass is 317 g/mol. The van der Waals surface area contributed by atoms with Crippen molar-refractivity contribution in [1.29, 1.82) is 0 Å². The van der Waals surface area contributed by atoms with Crippen molar-refractivity contribution < 1.29 is 8.42 Å². The van der Waals surface area contributed by atoms with E-state index in [9.17, 15) is 8.42 Å². The zero-order valence-corrected chi connectivity index (χ0v) is 14.0. The molecule has 0 radical (unpaired) electrons. The zero-order chi connectivity index (χ0) is 15.3. The van der Waals surface area contributed by atoms with E-state index in [0.29, 0.717) is 5.69 Å². The Balaban J connectivity index is 3.02. The van der Waals surface area contributed by atoms with Crippen LogP contribution in [-0.2, 0) is 10.0 Å². The molecule has 1 unspecified atom stereocenters. The number of thioether (sulfide) groups is 1. The number of nitrogens with one attached hydrogen (secondary N) is 1. The van der Waals surface area contributed by atoms with Crippen LogP contribution in [-0.4, -0.2) is 44.9 Å². The van der Waals surface area contributed by atoms with Gasteiger partial charge < -0.3 is 11.1 Å². The van der Waals surface area contributed by atoms with Gasteiger partial charge in [0.15, 0.2) is 0 Å². The minimum atomic E-state index is -3.52. The Morgan fingerprint density at radius 2 is 2.05 bits per heavy atom. The molecule has 0 aliphatic heterocycles. The lowest BCUT2D eigenvalue weighted by atomic mass is 10.2. The fourth-order valence-electron chi connectivity index (χ4n) is 1.72. The molecule has 0 aromatic heterocycles. The lowest BCUT2D eigenvalue weighted by molar-refractivity contribution is 0.521. The number of hydrogen-bond acceptors (Lipinski definition) is 5. The molecule has 1 aromatic rings. The van der Waals surface area contributed by atoms with E-state index in [1.807, 2.05) is 0 Å². The Labute approximate surface area is 126 Å². The summed E-state index contributed by atoms with van der Waals surface area (Å²) in [5, 5.41) is 3.28. The lowest BCUT2D eigenvalue weighted by Gasteiger charge is -2.19. The van der Waals surface area contributed by atoms with Crippen LogP contribution in [0, 0.1) is 0 Å². The van der Waals surface area contributed by atoms with Crippen molar-refractivity contribution in [2.45, 2.75) is 24.3 Å². The third-order valence-electron chi connectivity index (χ3n) is 2.98. The summed E-state index contributed by atoms with van der Waals surface area (Å²) >= 11 is 1.78. The molecule has 0 spiro atoms. The van der Waals surface area contributed by atoms with Crippen LogP contribution in [0.15, 0.2) is 23.1 Å². The Bertz CT molecular complexity index is 545. The van der Waals surface area contributed by atoms with Gasteiger partial charge >= 0.3 is 0 Å². The van der Waals surface area contributed by atoms with Gasteiger partial charge in [-0.05, 0) is 37.5 Å². The Hall–Kier alpha value is -0.920. The maximum atomic E-state index is 12.2. The number of nitrogens with two attached hydrogens (primary N) is 1. The molecule has 0 saturated heterocycles. The molecule has 114 valence electrons. The van der Waals surface area contributed by atoms with Gasteiger partial charge in [-0.25, -0.2) is 12.7 Å². The number of para-hydroxylation sites is 1. The highest BCUT2D eigenvalue weighted by molar-refractivity contribution is 7.98. The van der Waals surface area contributed by atoms with Gasteiger partial charge in [-0.15, -0.1) is 0 Å². The Kier molecular flexibility index (Phi) is 6.16. The zero-order valence-electron chi connectivity index (χ0n) is 12.4. The minimum Gasteiger partial charge on any atom is -0.396 e. The maximum absolute atomic E-state index is 12.2. The van der Waals surface area contributed by atoms with Crippen molar-refractivity contribution in [3.8, 4) is 0 Å². The van der Waals surface area contributed by atoms with Crippen molar-refractivity contribution in [3.63, 3.8) is 0 Å². The summed E-state index contributed by atoms with van der Waals surface area (Å²) in [5.41, 5.74) is 6.95. The fraction of sp³-hybridized carbons (Fsp3) is 0.538. The van der Waals surface area contributed by atoms with Gasteiger partial charge in [-0.1, -0.05) is 6.07 Å². The standard InChI is InChI=1S/C13H23N3O2S2/c1-10(8-9-19-4)15-11-6-5-7-12(13(11)14)20(17,18)16(2)3/h5-7,10,15H,8-9,14H2,1-4H3. The summed E-state index contributed by atoms with van der Waals surface area (Å²) in [6.45, 7) is 2.06. The van der Waals surface area contributed by atoms with E-state index >= 15 is 0 Å². The molecule has 1 aromatic carbocycles. The van der Waals surface area contributed by atoms with E-state index < -0.39 is 10.0 Å². The first-order valence-corrected chi connectivity index (χ1v) is 9.20. The largest absolute Gasteiger partial charge is 0.396 e. The van der Waals surface area contributed by atoms with Gasteiger partial charge in [0.25, 0.3) is 0 Å². The molecule has 20 heavy (non-hydrogen) atoms. The van der Waals surface area contributed by atoms with E-state index in [-0.39, 0.29) is 16.6 Å². The molecule has 3 N–H and O–H groups in total. The van der Waals surface area contributed by atoms with E-state index in [4.69, 9.17) is 5.73 Å². The minimum absolute atomic E-state index is 0.143. The average Bonchev–Trinajstić information content (AvgIpc) is 2.38.